The van der Waals surface area contributed by atoms with Crippen LogP contribution in [0.15, 0.2) is 18.2 Å². The number of amides is 1. The molecule has 1 amide bonds. The number of nitrogens with two attached hydrogens (primary N) is 1. The summed E-state index contributed by atoms with van der Waals surface area (Å²) in [6, 6.07) is 6.00. The van der Waals surface area contributed by atoms with Crippen molar-refractivity contribution in [1.82, 2.24) is 20.2 Å². The van der Waals surface area contributed by atoms with Crippen LogP contribution in [-0.4, -0.2) is 47.0 Å². The van der Waals surface area contributed by atoms with Crippen LogP contribution in [0.5, 0.6) is 0 Å². The van der Waals surface area contributed by atoms with Crippen molar-refractivity contribution in [2.24, 2.45) is 0 Å². The van der Waals surface area contributed by atoms with E-state index in [0.717, 1.165) is 52.2 Å². The molecule has 0 atom stereocenters. The van der Waals surface area contributed by atoms with Crippen LogP contribution in [0.1, 0.15) is 47.0 Å². The van der Waals surface area contributed by atoms with E-state index in [4.69, 9.17) is 17.3 Å². The van der Waals surface area contributed by atoms with Gasteiger partial charge in [-0.1, -0.05) is 11.6 Å². The lowest BCUT2D eigenvalue weighted by molar-refractivity contribution is 0.0960. The van der Waals surface area contributed by atoms with E-state index in [-0.39, 0.29) is 11.9 Å². The van der Waals surface area contributed by atoms with Gasteiger partial charge in [-0.2, -0.15) is 0 Å². The van der Waals surface area contributed by atoms with Gasteiger partial charge in [-0.05, 0) is 88.5 Å². The van der Waals surface area contributed by atoms with E-state index < -0.39 is 0 Å². The Kier molecular flexibility index (Phi) is 6.74. The molecule has 0 spiro atoms. The number of nitrogens with one attached hydrogen (secondary N) is 1. The van der Waals surface area contributed by atoms with Gasteiger partial charge in [-0.25, -0.2) is 9.97 Å². The lowest BCUT2D eigenvalue weighted by Gasteiger charge is -2.16. The molecule has 0 saturated carbocycles. The first-order chi connectivity index (χ1) is 15.0. The van der Waals surface area contributed by atoms with E-state index in [1.807, 2.05) is 26.0 Å². The maximum absolute atomic E-state index is 12.3. The normalized spacial score (nSPS) is 14.4. The zero-order valence-corrected chi connectivity index (χ0v) is 19.6. The summed E-state index contributed by atoms with van der Waals surface area (Å²) < 4.78 is 0. The molecule has 1 saturated heterocycles. The number of hydrogen-bond donors (Lipinski definition) is 2. The fourth-order valence-electron chi connectivity index (χ4n) is 4.17. The average molecular weight is 458 g/mol. The monoisotopic (exact) mass is 457 g/mol. The summed E-state index contributed by atoms with van der Waals surface area (Å²) in [5.74, 6) is 0.0992. The van der Waals surface area contributed by atoms with Crippen LogP contribution < -0.4 is 11.1 Å². The minimum absolute atomic E-state index is 0.106. The first kappa shape index (κ1) is 22.0. The number of rotatable bonds is 7. The molecule has 0 radical (unpaired) electrons. The standard InChI is InChI=1S/C23H28ClN5OS/c1-3-26-21(30)19-13-17-20(27-23(25)28-22(17)31-19)16-12-15(18(24)11-14(16)2)7-6-10-29-8-4-5-9-29/h11-13H,3-10H2,1-2H3,(H,26,30)(H2,25,27,28). The van der Waals surface area contributed by atoms with Crippen LogP contribution in [0.3, 0.4) is 0 Å². The zero-order chi connectivity index (χ0) is 22.0. The molecular weight excluding hydrogens is 430 g/mol. The summed E-state index contributed by atoms with van der Waals surface area (Å²) in [5.41, 5.74) is 9.91. The summed E-state index contributed by atoms with van der Waals surface area (Å²) in [7, 11) is 0. The molecule has 3 heterocycles. The van der Waals surface area contributed by atoms with Crippen molar-refractivity contribution in [1.29, 1.82) is 0 Å². The first-order valence-corrected chi connectivity index (χ1v) is 12.0. The Morgan fingerprint density at radius 1 is 1.26 bits per heavy atom. The third-order valence-electron chi connectivity index (χ3n) is 5.74. The Morgan fingerprint density at radius 2 is 2.03 bits per heavy atom. The first-order valence-electron chi connectivity index (χ1n) is 10.8. The number of carbonyl (C=O) groups excluding carboxylic acids is 1. The summed E-state index contributed by atoms with van der Waals surface area (Å²) in [5, 5.41) is 4.47. The van der Waals surface area contributed by atoms with Crippen molar-refractivity contribution in [2.75, 3.05) is 31.9 Å². The lowest BCUT2D eigenvalue weighted by atomic mass is 9.98. The number of fused-ring (bicyclic) bond motifs is 1. The van der Waals surface area contributed by atoms with Gasteiger partial charge in [0.15, 0.2) is 0 Å². The number of nitrogen functional groups attached to an aromatic ring is 1. The highest BCUT2D eigenvalue weighted by Gasteiger charge is 2.18. The van der Waals surface area contributed by atoms with E-state index in [1.54, 1.807) is 0 Å². The van der Waals surface area contributed by atoms with Gasteiger partial charge in [-0.15, -0.1) is 11.3 Å². The third-order valence-corrected chi connectivity index (χ3v) is 7.12. The lowest BCUT2D eigenvalue weighted by Crippen LogP contribution is -2.21. The molecule has 1 fully saturated rings. The molecule has 1 aliphatic heterocycles. The van der Waals surface area contributed by atoms with E-state index in [9.17, 15) is 4.79 Å². The molecule has 8 heteroatoms. The predicted molar refractivity (Wildman–Crippen MR) is 129 cm³/mol. The number of aromatic nitrogens is 2. The van der Waals surface area contributed by atoms with Gasteiger partial charge in [-0.3, -0.25) is 4.79 Å². The van der Waals surface area contributed by atoms with E-state index in [0.29, 0.717) is 16.3 Å². The molecule has 0 unspecified atom stereocenters. The third kappa shape index (κ3) is 4.84. The van der Waals surface area contributed by atoms with E-state index >= 15 is 0 Å². The Labute approximate surface area is 191 Å². The Hall–Kier alpha value is -2.22. The van der Waals surface area contributed by atoms with Crippen molar-refractivity contribution in [3.63, 3.8) is 0 Å². The van der Waals surface area contributed by atoms with Crippen LogP contribution in [-0.2, 0) is 6.42 Å². The number of nitrogens with zero attached hydrogens (tertiary/aromatic N) is 3. The Balaban J connectivity index is 1.68. The molecule has 4 rings (SSSR count). The van der Waals surface area contributed by atoms with Gasteiger partial charge >= 0.3 is 0 Å². The molecule has 0 bridgehead atoms. The SMILES string of the molecule is CCNC(=O)c1cc2c(-c3cc(CCCN4CCCC4)c(Cl)cc3C)nc(N)nc2s1. The fraction of sp³-hybridized carbons (Fsp3) is 0.435. The maximum atomic E-state index is 12.3. The zero-order valence-electron chi connectivity index (χ0n) is 18.0. The Morgan fingerprint density at radius 3 is 2.77 bits per heavy atom. The van der Waals surface area contributed by atoms with Crippen LogP contribution in [0.4, 0.5) is 5.95 Å². The summed E-state index contributed by atoms with van der Waals surface area (Å²) >= 11 is 7.93. The van der Waals surface area contributed by atoms with Gasteiger partial charge in [0.25, 0.3) is 5.91 Å². The van der Waals surface area contributed by atoms with Gasteiger partial charge in [0.1, 0.15) is 4.83 Å². The second-order valence-corrected chi connectivity index (χ2v) is 9.47. The molecule has 3 aromatic rings. The van der Waals surface area contributed by atoms with Crippen molar-refractivity contribution in [3.05, 3.63) is 39.2 Å². The van der Waals surface area contributed by atoms with Crippen molar-refractivity contribution >= 4 is 45.0 Å². The maximum Gasteiger partial charge on any atom is 0.261 e. The topological polar surface area (TPSA) is 84.1 Å². The molecule has 0 aliphatic carbocycles. The van der Waals surface area contributed by atoms with Crippen molar-refractivity contribution < 1.29 is 4.79 Å². The molecule has 2 aromatic heterocycles. The van der Waals surface area contributed by atoms with Crippen LogP contribution in [0.25, 0.3) is 21.5 Å². The fourth-order valence-corrected chi connectivity index (χ4v) is 5.43. The molecule has 1 aliphatic rings. The average Bonchev–Trinajstić information content (AvgIpc) is 3.39. The summed E-state index contributed by atoms with van der Waals surface area (Å²) in [4.78, 5) is 25.1. The van der Waals surface area contributed by atoms with Crippen LogP contribution >= 0.6 is 22.9 Å². The second-order valence-electron chi connectivity index (χ2n) is 8.03. The van der Waals surface area contributed by atoms with E-state index in [1.165, 1.54) is 37.3 Å². The molecule has 6 nitrogen and oxygen atoms in total. The molecule has 1 aromatic carbocycles. The molecule has 3 N–H and O–H groups in total. The van der Waals surface area contributed by atoms with E-state index in [2.05, 4.69) is 26.3 Å². The largest absolute Gasteiger partial charge is 0.368 e. The number of anilines is 1. The highest BCUT2D eigenvalue weighted by molar-refractivity contribution is 7.20. The number of aryl methyl sites for hydroxylation is 2. The highest BCUT2D eigenvalue weighted by Crippen LogP contribution is 2.36. The molecule has 31 heavy (non-hydrogen) atoms. The highest BCUT2D eigenvalue weighted by atomic mass is 35.5. The van der Waals surface area contributed by atoms with Gasteiger partial charge in [0.2, 0.25) is 5.95 Å². The minimum atomic E-state index is -0.106. The smallest absolute Gasteiger partial charge is 0.261 e. The van der Waals surface area contributed by atoms with Gasteiger partial charge < -0.3 is 16.0 Å². The number of hydrogen-bond acceptors (Lipinski definition) is 6. The summed E-state index contributed by atoms with van der Waals surface area (Å²) in [6.07, 6.45) is 4.60. The number of thiophene rings is 1. The summed E-state index contributed by atoms with van der Waals surface area (Å²) in [6.45, 7) is 8.01. The van der Waals surface area contributed by atoms with Crippen molar-refractivity contribution in [2.45, 2.75) is 39.5 Å². The number of likely N-dealkylation sites (tertiary alicyclic amines) is 1. The number of halogens is 1. The predicted octanol–water partition coefficient (Wildman–Crippen LogP) is 4.68. The van der Waals surface area contributed by atoms with Crippen LogP contribution in [0, 0.1) is 6.92 Å². The van der Waals surface area contributed by atoms with Gasteiger partial charge in [0, 0.05) is 22.5 Å². The quantitative estimate of drug-likeness (QED) is 0.538. The Bertz CT molecular complexity index is 1110. The van der Waals surface area contributed by atoms with Crippen molar-refractivity contribution in [3.8, 4) is 11.3 Å². The number of benzene rings is 1. The minimum Gasteiger partial charge on any atom is -0.368 e. The second kappa shape index (κ2) is 9.51. The number of carbonyl (C=O) groups is 1. The molecular formula is C23H28ClN5OS. The molecule has 164 valence electrons. The van der Waals surface area contributed by atoms with Gasteiger partial charge in [0.05, 0.1) is 10.6 Å². The van der Waals surface area contributed by atoms with Crippen LogP contribution in [0.2, 0.25) is 5.02 Å².